The molecule has 0 fully saturated rings. The first-order chi connectivity index (χ1) is 29.7. The highest BCUT2D eigenvalue weighted by molar-refractivity contribution is 6.19. The van der Waals surface area contributed by atoms with Crippen molar-refractivity contribution in [3.8, 4) is 45.3 Å². The molecule has 0 amide bonds. The first-order valence-corrected chi connectivity index (χ1v) is 20.2. The van der Waals surface area contributed by atoms with E-state index in [0.29, 0.717) is 17.5 Å². The van der Waals surface area contributed by atoms with Gasteiger partial charge in [-0.25, -0.2) is 15.0 Å². The number of fused-ring (bicyclic) bond motifs is 12. The van der Waals surface area contributed by atoms with Crippen LogP contribution in [0, 0.1) is 0 Å². The first-order valence-electron chi connectivity index (χ1n) is 20.2. The Balaban J connectivity index is 1.02. The standard InChI is InChI=1S/C55H31N3O2/c1-2-10-35-28-36(19-16-32(35)8-1)37-22-26-44-50(31-37)60-48-15-7-13-45(51(44)48)55-57-53(39-23-25-42-38(29-39)20-17-33-9-3-4-11-41(33)42)56-54(58-55)40-21-18-34-24-27-49-52(46(34)30-40)43-12-5-6-14-47(43)59-49/h1-31H. The summed E-state index contributed by atoms with van der Waals surface area (Å²) in [6, 6.07) is 65.8. The van der Waals surface area contributed by atoms with Crippen molar-refractivity contribution in [2.45, 2.75) is 0 Å². The van der Waals surface area contributed by atoms with Crippen molar-refractivity contribution in [3.05, 3.63) is 188 Å². The Morgan fingerprint density at radius 1 is 0.267 bits per heavy atom. The zero-order valence-electron chi connectivity index (χ0n) is 32.1. The summed E-state index contributed by atoms with van der Waals surface area (Å²) in [6.07, 6.45) is 0. The van der Waals surface area contributed by atoms with Gasteiger partial charge in [-0.05, 0) is 103 Å². The molecule has 13 rings (SSSR count). The van der Waals surface area contributed by atoms with Crippen LogP contribution in [0.15, 0.2) is 197 Å². The highest BCUT2D eigenvalue weighted by Crippen LogP contribution is 2.40. The van der Waals surface area contributed by atoms with Gasteiger partial charge in [-0.3, -0.25) is 0 Å². The second-order valence-corrected chi connectivity index (χ2v) is 15.6. The second kappa shape index (κ2) is 12.7. The van der Waals surface area contributed by atoms with Gasteiger partial charge in [0, 0.05) is 38.2 Å². The fourth-order valence-electron chi connectivity index (χ4n) is 9.15. The van der Waals surface area contributed by atoms with Crippen molar-refractivity contribution in [2.24, 2.45) is 0 Å². The van der Waals surface area contributed by atoms with E-state index in [4.69, 9.17) is 23.8 Å². The average Bonchev–Trinajstić information content (AvgIpc) is 3.89. The van der Waals surface area contributed by atoms with E-state index in [0.717, 1.165) is 87.9 Å². The zero-order chi connectivity index (χ0) is 39.3. The van der Waals surface area contributed by atoms with Crippen LogP contribution in [0.1, 0.15) is 0 Å². The first kappa shape index (κ1) is 32.9. The normalized spacial score (nSPS) is 12.0. The third kappa shape index (κ3) is 5.09. The maximum Gasteiger partial charge on any atom is 0.164 e. The minimum Gasteiger partial charge on any atom is -0.456 e. The molecule has 278 valence electrons. The molecule has 10 aromatic carbocycles. The number of hydrogen-bond donors (Lipinski definition) is 0. The van der Waals surface area contributed by atoms with Gasteiger partial charge in [-0.15, -0.1) is 0 Å². The second-order valence-electron chi connectivity index (χ2n) is 15.6. The molecule has 0 bridgehead atoms. The highest BCUT2D eigenvalue weighted by atomic mass is 16.3. The molecule has 0 unspecified atom stereocenters. The zero-order valence-corrected chi connectivity index (χ0v) is 32.1. The van der Waals surface area contributed by atoms with Gasteiger partial charge in [0.05, 0.1) is 0 Å². The quantitative estimate of drug-likeness (QED) is 0.167. The van der Waals surface area contributed by atoms with E-state index in [-0.39, 0.29) is 0 Å². The maximum absolute atomic E-state index is 6.61. The fourth-order valence-corrected chi connectivity index (χ4v) is 9.15. The lowest BCUT2D eigenvalue weighted by atomic mass is 9.99. The highest BCUT2D eigenvalue weighted by Gasteiger charge is 2.20. The molecule has 0 saturated heterocycles. The summed E-state index contributed by atoms with van der Waals surface area (Å²) in [5, 5.41) is 13.5. The molecule has 0 saturated carbocycles. The lowest BCUT2D eigenvalue weighted by Gasteiger charge is -2.11. The van der Waals surface area contributed by atoms with Crippen molar-refractivity contribution in [3.63, 3.8) is 0 Å². The van der Waals surface area contributed by atoms with Gasteiger partial charge in [-0.1, -0.05) is 140 Å². The molecule has 0 radical (unpaired) electrons. The van der Waals surface area contributed by atoms with E-state index in [1.54, 1.807) is 0 Å². The van der Waals surface area contributed by atoms with Crippen LogP contribution in [-0.2, 0) is 0 Å². The Kier molecular flexibility index (Phi) is 6.95. The SMILES string of the molecule is c1ccc2cc(-c3ccc4c(c3)oc3cccc(-c5nc(-c6ccc7c(ccc8ccccc87)c6)nc(-c6ccc7ccc8oc9ccccc9c8c7c6)n5)c34)ccc2c1. The van der Waals surface area contributed by atoms with E-state index in [2.05, 4.69) is 164 Å². The lowest BCUT2D eigenvalue weighted by Crippen LogP contribution is -2.00. The van der Waals surface area contributed by atoms with Crippen LogP contribution in [0.3, 0.4) is 0 Å². The Morgan fingerprint density at radius 2 is 0.800 bits per heavy atom. The van der Waals surface area contributed by atoms with Crippen LogP contribution >= 0.6 is 0 Å². The van der Waals surface area contributed by atoms with Gasteiger partial charge in [0.1, 0.15) is 22.3 Å². The summed E-state index contributed by atoms with van der Waals surface area (Å²) in [6.45, 7) is 0. The number of nitrogens with zero attached hydrogens (tertiary/aromatic N) is 3. The molecular formula is C55H31N3O2. The molecule has 0 aliphatic heterocycles. The topological polar surface area (TPSA) is 65.0 Å². The minimum atomic E-state index is 0.576. The van der Waals surface area contributed by atoms with Crippen molar-refractivity contribution in [1.82, 2.24) is 15.0 Å². The van der Waals surface area contributed by atoms with Crippen LogP contribution < -0.4 is 0 Å². The predicted molar refractivity (Wildman–Crippen MR) is 246 cm³/mol. The number of aromatic nitrogens is 3. The van der Waals surface area contributed by atoms with Gasteiger partial charge >= 0.3 is 0 Å². The minimum absolute atomic E-state index is 0.576. The summed E-state index contributed by atoms with van der Waals surface area (Å²) >= 11 is 0. The van der Waals surface area contributed by atoms with E-state index >= 15 is 0 Å². The molecule has 0 spiro atoms. The van der Waals surface area contributed by atoms with E-state index < -0.39 is 0 Å². The van der Waals surface area contributed by atoms with Gasteiger partial charge in [-0.2, -0.15) is 0 Å². The van der Waals surface area contributed by atoms with Crippen molar-refractivity contribution >= 4 is 87.0 Å². The molecule has 5 heteroatoms. The molecule has 0 aliphatic carbocycles. The van der Waals surface area contributed by atoms with E-state index in [1.807, 2.05) is 24.3 Å². The fraction of sp³-hybridized carbons (Fsp3) is 0. The van der Waals surface area contributed by atoms with Crippen molar-refractivity contribution in [2.75, 3.05) is 0 Å². The lowest BCUT2D eigenvalue weighted by molar-refractivity contribution is 0.669. The van der Waals surface area contributed by atoms with E-state index in [9.17, 15) is 0 Å². The Labute approximate surface area is 342 Å². The van der Waals surface area contributed by atoms with Crippen LogP contribution in [0.4, 0.5) is 0 Å². The summed E-state index contributed by atoms with van der Waals surface area (Å²) in [7, 11) is 0. The molecule has 5 nitrogen and oxygen atoms in total. The van der Waals surface area contributed by atoms with Crippen molar-refractivity contribution < 1.29 is 8.83 Å². The number of rotatable bonds is 4. The van der Waals surface area contributed by atoms with Gasteiger partial charge < -0.3 is 8.83 Å². The van der Waals surface area contributed by atoms with Crippen LogP contribution in [0.5, 0.6) is 0 Å². The molecule has 0 aliphatic rings. The Hall–Kier alpha value is -8.15. The van der Waals surface area contributed by atoms with Crippen LogP contribution in [-0.4, -0.2) is 15.0 Å². The third-order valence-corrected chi connectivity index (χ3v) is 12.1. The Morgan fingerprint density at radius 3 is 1.72 bits per heavy atom. The van der Waals surface area contributed by atoms with Crippen LogP contribution in [0.2, 0.25) is 0 Å². The maximum atomic E-state index is 6.61. The van der Waals surface area contributed by atoms with Crippen LogP contribution in [0.25, 0.3) is 132 Å². The third-order valence-electron chi connectivity index (χ3n) is 12.1. The monoisotopic (exact) mass is 765 g/mol. The molecule has 0 N–H and O–H groups in total. The Bertz CT molecular complexity index is 3910. The summed E-state index contributed by atoms with van der Waals surface area (Å²) in [5.41, 5.74) is 8.22. The number of furan rings is 2. The predicted octanol–water partition coefficient (Wildman–Crippen LogP) is 15.0. The molecule has 60 heavy (non-hydrogen) atoms. The molecule has 3 aromatic heterocycles. The molecule has 3 heterocycles. The largest absolute Gasteiger partial charge is 0.456 e. The molecule has 0 atom stereocenters. The van der Waals surface area contributed by atoms with Gasteiger partial charge in [0.25, 0.3) is 0 Å². The average molecular weight is 766 g/mol. The summed E-state index contributed by atoms with van der Waals surface area (Å²) < 4.78 is 12.9. The number of benzene rings is 10. The smallest absolute Gasteiger partial charge is 0.164 e. The number of hydrogen-bond acceptors (Lipinski definition) is 5. The molecular weight excluding hydrogens is 735 g/mol. The summed E-state index contributed by atoms with van der Waals surface area (Å²) in [5.74, 6) is 1.76. The van der Waals surface area contributed by atoms with Crippen molar-refractivity contribution in [1.29, 1.82) is 0 Å². The van der Waals surface area contributed by atoms with Gasteiger partial charge in [0.2, 0.25) is 0 Å². The molecule has 13 aromatic rings. The van der Waals surface area contributed by atoms with E-state index in [1.165, 1.54) is 26.9 Å². The number of para-hydroxylation sites is 1. The summed E-state index contributed by atoms with van der Waals surface area (Å²) in [4.78, 5) is 15.8. The van der Waals surface area contributed by atoms with Gasteiger partial charge in [0.15, 0.2) is 17.5 Å².